The van der Waals surface area contributed by atoms with Crippen molar-refractivity contribution < 1.29 is 14.4 Å². The second-order valence-electron chi connectivity index (χ2n) is 9.06. The summed E-state index contributed by atoms with van der Waals surface area (Å²) < 4.78 is 0. The van der Waals surface area contributed by atoms with Crippen LogP contribution >= 0.6 is 0 Å². The molecular formula is C22H25NO3. The van der Waals surface area contributed by atoms with Gasteiger partial charge >= 0.3 is 0 Å². The van der Waals surface area contributed by atoms with Gasteiger partial charge in [0.25, 0.3) is 11.8 Å². The number of nitrogens with zero attached hydrogens (tertiary/aromatic N) is 1. The smallest absolute Gasteiger partial charge is 0.261 e. The minimum Gasteiger partial charge on any atom is -0.300 e. The lowest BCUT2D eigenvalue weighted by Gasteiger charge is -2.61. The fourth-order valence-corrected chi connectivity index (χ4v) is 6.83. The largest absolute Gasteiger partial charge is 0.300 e. The standard InChI is InChI=1S/C22H25NO3/c1-2-16(24)12-22-9-13-7-14(10-22)19(15(8-13)11-22)23-20(25)17-5-3-4-6-18(17)21(23)26/h3-6,13-15,19H,2,7-12H2,1H3. The molecular weight excluding hydrogens is 326 g/mol. The molecule has 0 spiro atoms. The zero-order chi connectivity index (χ0) is 18.1. The van der Waals surface area contributed by atoms with Crippen LogP contribution in [0.15, 0.2) is 24.3 Å². The van der Waals surface area contributed by atoms with Crippen molar-refractivity contribution in [2.45, 2.75) is 57.9 Å². The average molecular weight is 351 g/mol. The molecule has 2 amide bonds. The summed E-state index contributed by atoms with van der Waals surface area (Å²) in [6.07, 6.45) is 6.70. The van der Waals surface area contributed by atoms with Gasteiger partial charge in [0.2, 0.25) is 0 Å². The van der Waals surface area contributed by atoms with Gasteiger partial charge in [-0.25, -0.2) is 0 Å². The van der Waals surface area contributed by atoms with E-state index in [9.17, 15) is 14.4 Å². The highest BCUT2D eigenvalue weighted by atomic mass is 16.2. The molecule has 4 nitrogen and oxygen atoms in total. The molecule has 4 fully saturated rings. The predicted molar refractivity (Wildman–Crippen MR) is 96.6 cm³/mol. The predicted octanol–water partition coefficient (Wildman–Crippen LogP) is 3.85. The van der Waals surface area contributed by atoms with E-state index in [2.05, 4.69) is 0 Å². The Morgan fingerprint density at radius 2 is 1.62 bits per heavy atom. The molecule has 2 unspecified atom stereocenters. The molecule has 1 aromatic carbocycles. The summed E-state index contributed by atoms with van der Waals surface area (Å²) in [6.45, 7) is 1.95. The Labute approximate surface area is 153 Å². The molecule has 4 bridgehead atoms. The Bertz CT molecular complexity index is 762. The van der Waals surface area contributed by atoms with E-state index in [1.165, 1.54) is 6.42 Å². The zero-order valence-corrected chi connectivity index (χ0v) is 15.2. The summed E-state index contributed by atoms with van der Waals surface area (Å²) in [6, 6.07) is 7.23. The maximum atomic E-state index is 13.0. The van der Waals surface area contributed by atoms with Crippen LogP contribution in [0.1, 0.15) is 72.6 Å². The van der Waals surface area contributed by atoms with Crippen molar-refractivity contribution in [3.8, 4) is 0 Å². The van der Waals surface area contributed by atoms with Gasteiger partial charge in [-0.05, 0) is 67.4 Å². The van der Waals surface area contributed by atoms with Crippen molar-refractivity contribution >= 4 is 17.6 Å². The molecule has 0 aromatic heterocycles. The van der Waals surface area contributed by atoms with Gasteiger partial charge in [0.15, 0.2) is 0 Å². The molecule has 4 saturated carbocycles. The van der Waals surface area contributed by atoms with E-state index in [1.54, 1.807) is 17.0 Å². The number of rotatable bonds is 4. The molecule has 1 heterocycles. The van der Waals surface area contributed by atoms with Crippen molar-refractivity contribution in [2.24, 2.45) is 23.2 Å². The first-order valence-corrected chi connectivity index (χ1v) is 10.00. The van der Waals surface area contributed by atoms with Gasteiger partial charge in [0.05, 0.1) is 11.1 Å². The van der Waals surface area contributed by atoms with Gasteiger partial charge < -0.3 is 0 Å². The minimum absolute atomic E-state index is 0.0313. The third-order valence-electron chi connectivity index (χ3n) is 7.44. The number of amides is 2. The quantitative estimate of drug-likeness (QED) is 0.774. The molecule has 136 valence electrons. The maximum Gasteiger partial charge on any atom is 0.261 e. The van der Waals surface area contributed by atoms with Gasteiger partial charge in [-0.1, -0.05) is 19.1 Å². The van der Waals surface area contributed by atoms with Crippen molar-refractivity contribution in [1.82, 2.24) is 4.90 Å². The molecule has 1 aromatic rings. The van der Waals surface area contributed by atoms with Gasteiger partial charge in [0.1, 0.15) is 5.78 Å². The van der Waals surface area contributed by atoms with Crippen LogP contribution in [-0.2, 0) is 4.79 Å². The second kappa shape index (κ2) is 5.51. The lowest BCUT2D eigenvalue weighted by Crippen LogP contribution is -2.60. The molecule has 2 atom stereocenters. The molecule has 6 rings (SSSR count). The highest BCUT2D eigenvalue weighted by Crippen LogP contribution is 2.62. The maximum absolute atomic E-state index is 13.0. The first-order chi connectivity index (χ1) is 12.5. The first kappa shape index (κ1) is 16.2. The number of hydrogen-bond acceptors (Lipinski definition) is 3. The molecule has 1 aliphatic heterocycles. The minimum atomic E-state index is -0.109. The van der Waals surface area contributed by atoms with Gasteiger partial charge in [-0.2, -0.15) is 0 Å². The fraction of sp³-hybridized carbons (Fsp3) is 0.591. The summed E-state index contributed by atoms with van der Waals surface area (Å²) in [5, 5.41) is 0. The number of Topliss-reactive ketones (excluding diaryl/α,β-unsaturated/α-hetero) is 1. The van der Waals surface area contributed by atoms with Crippen molar-refractivity contribution in [3.05, 3.63) is 35.4 Å². The number of benzene rings is 1. The average Bonchev–Trinajstić information content (AvgIpc) is 2.86. The highest BCUT2D eigenvalue weighted by Gasteiger charge is 2.59. The van der Waals surface area contributed by atoms with Crippen LogP contribution in [0, 0.1) is 23.2 Å². The van der Waals surface area contributed by atoms with Gasteiger partial charge in [0, 0.05) is 18.9 Å². The van der Waals surface area contributed by atoms with Crippen LogP contribution in [0.3, 0.4) is 0 Å². The summed E-state index contributed by atoms with van der Waals surface area (Å²) in [4.78, 5) is 39.7. The number of carbonyl (C=O) groups is 3. The summed E-state index contributed by atoms with van der Waals surface area (Å²) in [7, 11) is 0. The molecule has 0 saturated heterocycles. The van der Waals surface area contributed by atoms with Crippen molar-refractivity contribution in [1.29, 1.82) is 0 Å². The monoisotopic (exact) mass is 351 g/mol. The van der Waals surface area contributed by atoms with Crippen molar-refractivity contribution in [3.63, 3.8) is 0 Å². The van der Waals surface area contributed by atoms with Crippen LogP contribution in [0.25, 0.3) is 0 Å². The molecule has 0 radical (unpaired) electrons. The molecule has 0 N–H and O–H groups in total. The Balaban J connectivity index is 1.46. The van der Waals surface area contributed by atoms with E-state index in [0.29, 0.717) is 47.5 Å². The zero-order valence-electron chi connectivity index (χ0n) is 15.2. The lowest BCUT2D eigenvalue weighted by molar-refractivity contribution is -0.132. The fourth-order valence-electron chi connectivity index (χ4n) is 6.83. The van der Waals surface area contributed by atoms with Crippen LogP contribution in [-0.4, -0.2) is 28.5 Å². The number of fused-ring (bicyclic) bond motifs is 1. The molecule has 4 aliphatic carbocycles. The summed E-state index contributed by atoms with van der Waals surface area (Å²) in [5.41, 5.74) is 1.25. The Morgan fingerprint density at radius 3 is 2.15 bits per heavy atom. The van der Waals surface area contributed by atoms with Gasteiger partial charge in [-0.15, -0.1) is 0 Å². The van der Waals surface area contributed by atoms with Crippen LogP contribution in [0.2, 0.25) is 0 Å². The number of carbonyl (C=O) groups excluding carboxylic acids is 3. The van der Waals surface area contributed by atoms with E-state index >= 15 is 0 Å². The lowest BCUT2D eigenvalue weighted by atomic mass is 9.46. The molecule has 4 heteroatoms. The Hall–Kier alpha value is -1.97. The van der Waals surface area contributed by atoms with E-state index in [-0.39, 0.29) is 23.3 Å². The topological polar surface area (TPSA) is 54.5 Å². The van der Waals surface area contributed by atoms with Crippen LogP contribution < -0.4 is 0 Å². The third kappa shape index (κ3) is 2.17. The van der Waals surface area contributed by atoms with Crippen molar-refractivity contribution in [2.75, 3.05) is 0 Å². The second-order valence-corrected chi connectivity index (χ2v) is 9.06. The summed E-state index contributed by atoms with van der Waals surface area (Å²) >= 11 is 0. The van der Waals surface area contributed by atoms with Crippen LogP contribution in [0.4, 0.5) is 0 Å². The number of imide groups is 1. The Morgan fingerprint density at radius 1 is 1.04 bits per heavy atom. The first-order valence-electron chi connectivity index (χ1n) is 10.00. The Kier molecular flexibility index (Phi) is 3.44. The van der Waals surface area contributed by atoms with E-state index in [4.69, 9.17) is 0 Å². The van der Waals surface area contributed by atoms with Gasteiger partial charge in [-0.3, -0.25) is 19.3 Å². The molecule has 26 heavy (non-hydrogen) atoms. The van der Waals surface area contributed by atoms with E-state index < -0.39 is 0 Å². The van der Waals surface area contributed by atoms with E-state index in [1.807, 2.05) is 19.1 Å². The highest BCUT2D eigenvalue weighted by molar-refractivity contribution is 6.21. The molecule has 5 aliphatic rings. The van der Waals surface area contributed by atoms with E-state index in [0.717, 1.165) is 25.7 Å². The normalized spacial score (nSPS) is 37.3. The number of ketones is 1. The summed E-state index contributed by atoms with van der Waals surface area (Å²) in [5.74, 6) is 1.55. The SMILES string of the molecule is CCC(=O)CC12CC3CC(C1)C(N1C(=O)c4ccccc4C1=O)C(C3)C2. The number of hydrogen-bond donors (Lipinski definition) is 0. The third-order valence-corrected chi connectivity index (χ3v) is 7.44. The van der Waals surface area contributed by atoms with Crippen LogP contribution in [0.5, 0.6) is 0 Å².